The van der Waals surface area contributed by atoms with Crippen LogP contribution >= 0.6 is 0 Å². The van der Waals surface area contributed by atoms with Gasteiger partial charge in [0, 0.05) is 26.2 Å². The van der Waals surface area contributed by atoms with Crippen molar-refractivity contribution in [3.05, 3.63) is 0 Å². The first kappa shape index (κ1) is 13.3. The molecule has 1 amide bonds. The van der Waals surface area contributed by atoms with Crippen molar-refractivity contribution in [3.63, 3.8) is 0 Å². The van der Waals surface area contributed by atoms with E-state index in [1.807, 2.05) is 0 Å². The molecular weight excluding hydrogens is 216 g/mol. The quantitative estimate of drug-likeness (QED) is 0.745. The van der Waals surface area contributed by atoms with Crippen LogP contribution in [0.3, 0.4) is 0 Å². The first-order valence-corrected chi connectivity index (χ1v) is 5.56. The zero-order valence-corrected chi connectivity index (χ0v) is 9.59. The molecule has 94 valence electrons. The fraction of sp³-hybridized carbons (Fsp3) is 0.900. The van der Waals surface area contributed by atoms with E-state index < -0.39 is 6.43 Å². The average molecular weight is 235 g/mol. The molecule has 1 heterocycles. The molecule has 1 saturated heterocycles. The molecule has 0 aromatic rings. The summed E-state index contributed by atoms with van der Waals surface area (Å²) in [4.78, 5) is 15.0. The van der Waals surface area contributed by atoms with E-state index in [9.17, 15) is 13.6 Å². The summed E-state index contributed by atoms with van der Waals surface area (Å²) in [6.07, 6.45) is -1.53. The van der Waals surface area contributed by atoms with Crippen molar-refractivity contribution in [1.29, 1.82) is 0 Å². The molecule has 0 saturated carbocycles. The minimum absolute atomic E-state index is 0.0430. The molecule has 0 radical (unpaired) electrons. The summed E-state index contributed by atoms with van der Waals surface area (Å²) in [6.45, 7) is 2.53. The Hall–Kier alpha value is -0.750. The minimum Gasteiger partial charge on any atom is -0.340 e. The number of hydrogen-bond donors (Lipinski definition) is 1. The molecule has 16 heavy (non-hydrogen) atoms. The third-order valence-corrected chi connectivity index (χ3v) is 2.67. The number of nitrogens with zero attached hydrogens (tertiary/aromatic N) is 2. The van der Waals surface area contributed by atoms with E-state index in [1.165, 1.54) is 0 Å². The molecule has 0 aromatic heterocycles. The maximum atomic E-state index is 12.2. The number of rotatable bonds is 4. The fourth-order valence-corrected chi connectivity index (χ4v) is 1.86. The Bertz CT molecular complexity index is 226. The molecule has 6 heteroatoms. The van der Waals surface area contributed by atoms with Gasteiger partial charge in [0.15, 0.2) is 0 Å². The number of carbonyl (C=O) groups is 1. The van der Waals surface area contributed by atoms with E-state index in [0.29, 0.717) is 32.7 Å². The van der Waals surface area contributed by atoms with Crippen LogP contribution < -0.4 is 5.32 Å². The second kappa shape index (κ2) is 6.75. The molecule has 0 aromatic carbocycles. The Labute approximate surface area is 94.6 Å². The first-order valence-electron chi connectivity index (χ1n) is 5.56. The van der Waals surface area contributed by atoms with E-state index >= 15 is 0 Å². The third-order valence-electron chi connectivity index (χ3n) is 2.67. The standard InChI is InChI=1S/C10H19F2N3O/c1-13-7-10(16)15-4-2-3-14(5-6-15)8-9(11)12/h9,13H,2-8H2,1H3. The van der Waals surface area contributed by atoms with Crippen LogP contribution in [0.25, 0.3) is 0 Å². The zero-order chi connectivity index (χ0) is 12.0. The van der Waals surface area contributed by atoms with Crippen LogP contribution in [0.2, 0.25) is 0 Å². The summed E-state index contributed by atoms with van der Waals surface area (Å²) in [6, 6.07) is 0. The maximum absolute atomic E-state index is 12.2. The zero-order valence-electron chi connectivity index (χ0n) is 9.59. The minimum atomic E-state index is -2.29. The van der Waals surface area contributed by atoms with Gasteiger partial charge in [-0.05, 0) is 13.5 Å². The lowest BCUT2D eigenvalue weighted by Crippen LogP contribution is -2.40. The molecule has 1 N–H and O–H groups in total. The summed E-state index contributed by atoms with van der Waals surface area (Å²) < 4.78 is 24.4. The van der Waals surface area contributed by atoms with Crippen LogP contribution in [-0.4, -0.2) is 68.4 Å². The lowest BCUT2D eigenvalue weighted by molar-refractivity contribution is -0.130. The second-order valence-corrected chi connectivity index (χ2v) is 3.96. The molecule has 0 spiro atoms. The van der Waals surface area contributed by atoms with Crippen LogP contribution in [0, 0.1) is 0 Å². The number of likely N-dealkylation sites (N-methyl/N-ethyl adjacent to an activating group) is 1. The number of hydrogen-bond acceptors (Lipinski definition) is 3. The van der Waals surface area contributed by atoms with Gasteiger partial charge in [-0.3, -0.25) is 9.69 Å². The van der Waals surface area contributed by atoms with Crippen LogP contribution in [0.4, 0.5) is 8.78 Å². The Morgan fingerprint density at radius 2 is 2.06 bits per heavy atom. The molecule has 0 unspecified atom stereocenters. The molecule has 1 rings (SSSR count). The largest absolute Gasteiger partial charge is 0.340 e. The van der Waals surface area contributed by atoms with Gasteiger partial charge in [-0.25, -0.2) is 8.78 Å². The van der Waals surface area contributed by atoms with Gasteiger partial charge in [-0.15, -0.1) is 0 Å². The van der Waals surface area contributed by atoms with Crippen LogP contribution in [-0.2, 0) is 4.79 Å². The van der Waals surface area contributed by atoms with Crippen molar-refractivity contribution in [2.24, 2.45) is 0 Å². The molecule has 0 bridgehead atoms. The highest BCUT2D eigenvalue weighted by Crippen LogP contribution is 2.05. The molecule has 1 aliphatic heterocycles. The highest BCUT2D eigenvalue weighted by Gasteiger charge is 2.20. The predicted octanol–water partition coefficient (Wildman–Crippen LogP) is 0.00520. The van der Waals surface area contributed by atoms with E-state index in [0.717, 1.165) is 6.42 Å². The Balaban J connectivity index is 2.37. The fourth-order valence-electron chi connectivity index (χ4n) is 1.86. The van der Waals surface area contributed by atoms with Crippen molar-refractivity contribution in [2.45, 2.75) is 12.8 Å². The van der Waals surface area contributed by atoms with Crippen molar-refractivity contribution < 1.29 is 13.6 Å². The first-order chi connectivity index (χ1) is 7.63. The van der Waals surface area contributed by atoms with Gasteiger partial charge in [-0.1, -0.05) is 0 Å². The summed E-state index contributed by atoms with van der Waals surface area (Å²) in [5.74, 6) is 0.0430. The van der Waals surface area contributed by atoms with Gasteiger partial charge < -0.3 is 10.2 Å². The van der Waals surface area contributed by atoms with Gasteiger partial charge in [0.2, 0.25) is 5.91 Å². The monoisotopic (exact) mass is 235 g/mol. The molecule has 0 atom stereocenters. The molecule has 4 nitrogen and oxygen atoms in total. The average Bonchev–Trinajstić information content (AvgIpc) is 2.43. The number of alkyl halides is 2. The molecule has 0 aliphatic carbocycles. The third kappa shape index (κ3) is 4.40. The van der Waals surface area contributed by atoms with Gasteiger partial charge in [0.1, 0.15) is 0 Å². The summed E-state index contributed by atoms with van der Waals surface area (Å²) in [7, 11) is 1.72. The Morgan fingerprint density at radius 1 is 1.31 bits per heavy atom. The van der Waals surface area contributed by atoms with Gasteiger partial charge >= 0.3 is 0 Å². The summed E-state index contributed by atoms with van der Waals surface area (Å²) >= 11 is 0. The lowest BCUT2D eigenvalue weighted by Gasteiger charge is -2.21. The number of nitrogens with one attached hydrogen (secondary N) is 1. The molecule has 1 aliphatic rings. The topological polar surface area (TPSA) is 35.6 Å². The van der Waals surface area contributed by atoms with Crippen molar-refractivity contribution >= 4 is 5.91 Å². The van der Waals surface area contributed by atoms with Crippen LogP contribution in [0.15, 0.2) is 0 Å². The summed E-state index contributed by atoms with van der Waals surface area (Å²) in [5, 5.41) is 2.80. The number of carbonyl (C=O) groups excluding carboxylic acids is 1. The van der Waals surface area contributed by atoms with E-state index in [-0.39, 0.29) is 12.5 Å². The number of amides is 1. The van der Waals surface area contributed by atoms with Gasteiger partial charge in [-0.2, -0.15) is 0 Å². The SMILES string of the molecule is CNCC(=O)N1CCCN(CC(F)F)CC1. The van der Waals surface area contributed by atoms with Gasteiger partial charge in [0.05, 0.1) is 13.1 Å². The van der Waals surface area contributed by atoms with Crippen LogP contribution in [0.5, 0.6) is 0 Å². The normalized spacial score (nSPS) is 18.9. The smallest absolute Gasteiger partial charge is 0.251 e. The maximum Gasteiger partial charge on any atom is 0.251 e. The second-order valence-electron chi connectivity index (χ2n) is 3.96. The summed E-state index contributed by atoms with van der Waals surface area (Å²) in [5.41, 5.74) is 0. The van der Waals surface area contributed by atoms with E-state index in [1.54, 1.807) is 16.8 Å². The molecular formula is C10H19F2N3O. The van der Waals surface area contributed by atoms with E-state index in [4.69, 9.17) is 0 Å². The van der Waals surface area contributed by atoms with E-state index in [2.05, 4.69) is 5.32 Å². The van der Waals surface area contributed by atoms with Crippen molar-refractivity contribution in [2.75, 3.05) is 46.3 Å². The Morgan fingerprint density at radius 3 is 2.69 bits per heavy atom. The van der Waals surface area contributed by atoms with Crippen LogP contribution in [0.1, 0.15) is 6.42 Å². The van der Waals surface area contributed by atoms with Gasteiger partial charge in [0.25, 0.3) is 6.43 Å². The molecule has 1 fully saturated rings. The lowest BCUT2D eigenvalue weighted by atomic mass is 10.3. The highest BCUT2D eigenvalue weighted by atomic mass is 19.3. The van der Waals surface area contributed by atoms with Crippen molar-refractivity contribution in [3.8, 4) is 0 Å². The highest BCUT2D eigenvalue weighted by molar-refractivity contribution is 5.78. The van der Waals surface area contributed by atoms with Crippen molar-refractivity contribution in [1.82, 2.24) is 15.1 Å². The predicted molar refractivity (Wildman–Crippen MR) is 57.6 cm³/mol. The Kier molecular flexibility index (Phi) is 5.62. The number of halogens is 2.